The lowest BCUT2D eigenvalue weighted by molar-refractivity contribution is -0.142. The number of hydrogen-bond donors (Lipinski definition) is 1. The van der Waals surface area contributed by atoms with E-state index in [0.29, 0.717) is 44.5 Å². The molecule has 1 N–H and O–H groups in total. The predicted molar refractivity (Wildman–Crippen MR) is 120 cm³/mol. The van der Waals surface area contributed by atoms with Gasteiger partial charge in [-0.1, -0.05) is 38.1 Å². The first-order valence-corrected chi connectivity index (χ1v) is 10.8. The van der Waals surface area contributed by atoms with Gasteiger partial charge in [0.1, 0.15) is 5.75 Å². The zero-order valence-corrected chi connectivity index (χ0v) is 18.0. The first kappa shape index (κ1) is 21.2. The van der Waals surface area contributed by atoms with Crippen LogP contribution in [-0.4, -0.2) is 62.2 Å². The number of nitrogens with zero attached hydrogens (tertiary/aromatic N) is 2. The Balaban J connectivity index is 1.45. The molecule has 1 saturated heterocycles. The van der Waals surface area contributed by atoms with Crippen molar-refractivity contribution in [1.29, 1.82) is 0 Å². The number of nitrogens with one attached hydrogen (secondary N) is 1. The highest BCUT2D eigenvalue weighted by Gasteiger charge is 2.34. The largest absolute Gasteiger partial charge is 0.477 e. The molecule has 1 fully saturated rings. The number of fused-ring (bicyclic) bond motifs is 1. The summed E-state index contributed by atoms with van der Waals surface area (Å²) in [6.45, 7) is 6.94. The molecule has 31 heavy (non-hydrogen) atoms. The van der Waals surface area contributed by atoms with Gasteiger partial charge < -0.3 is 24.6 Å². The van der Waals surface area contributed by atoms with Gasteiger partial charge in [0, 0.05) is 18.8 Å². The van der Waals surface area contributed by atoms with Crippen molar-refractivity contribution in [1.82, 2.24) is 4.90 Å². The predicted octanol–water partition coefficient (Wildman–Crippen LogP) is 2.87. The second kappa shape index (κ2) is 9.39. The maximum Gasteiger partial charge on any atom is 0.265 e. The third-order valence-electron chi connectivity index (χ3n) is 5.66. The van der Waals surface area contributed by atoms with Crippen LogP contribution < -0.4 is 15.0 Å². The van der Waals surface area contributed by atoms with Gasteiger partial charge in [0.15, 0.2) is 6.10 Å². The second-order valence-electron chi connectivity index (χ2n) is 8.22. The van der Waals surface area contributed by atoms with Gasteiger partial charge in [0.05, 0.1) is 32.0 Å². The van der Waals surface area contributed by atoms with Crippen LogP contribution in [0.1, 0.15) is 25.3 Å². The van der Waals surface area contributed by atoms with E-state index in [9.17, 15) is 9.59 Å². The van der Waals surface area contributed by atoms with E-state index in [0.717, 1.165) is 11.4 Å². The highest BCUT2D eigenvalue weighted by molar-refractivity contribution is 5.95. The summed E-state index contributed by atoms with van der Waals surface area (Å²) in [5, 5.41) is 2.96. The Labute approximate surface area is 182 Å². The fourth-order valence-electron chi connectivity index (χ4n) is 3.90. The van der Waals surface area contributed by atoms with E-state index < -0.39 is 6.10 Å². The molecule has 2 heterocycles. The Bertz CT molecular complexity index is 923. The number of carbonyl (C=O) groups excluding carboxylic acids is 2. The summed E-state index contributed by atoms with van der Waals surface area (Å²) in [7, 11) is 0. The lowest BCUT2D eigenvalue weighted by Gasteiger charge is -2.38. The Morgan fingerprint density at radius 2 is 1.77 bits per heavy atom. The fraction of sp³-hybridized carbons (Fsp3) is 0.417. The van der Waals surface area contributed by atoms with E-state index in [4.69, 9.17) is 9.47 Å². The number of carbonyl (C=O) groups is 2. The normalized spacial score (nSPS) is 18.4. The molecule has 7 heteroatoms. The van der Waals surface area contributed by atoms with Crippen LogP contribution in [0.25, 0.3) is 0 Å². The van der Waals surface area contributed by atoms with Crippen LogP contribution in [-0.2, 0) is 14.3 Å². The van der Waals surface area contributed by atoms with Crippen LogP contribution in [0.4, 0.5) is 11.4 Å². The van der Waals surface area contributed by atoms with Gasteiger partial charge in [-0.3, -0.25) is 9.59 Å². The zero-order valence-electron chi connectivity index (χ0n) is 18.0. The minimum absolute atomic E-state index is 0.0625. The van der Waals surface area contributed by atoms with Crippen LogP contribution in [0.3, 0.4) is 0 Å². The van der Waals surface area contributed by atoms with E-state index in [2.05, 4.69) is 19.2 Å². The summed E-state index contributed by atoms with van der Waals surface area (Å²) in [5.41, 5.74) is 2.81. The molecular weight excluding hydrogens is 394 g/mol. The molecule has 2 amide bonds. The minimum atomic E-state index is -0.647. The number of para-hydroxylation sites is 2. The molecule has 2 aliphatic heterocycles. The molecule has 1 atom stereocenters. The minimum Gasteiger partial charge on any atom is -0.477 e. The Hall–Kier alpha value is -3.06. The van der Waals surface area contributed by atoms with Gasteiger partial charge in [-0.15, -0.1) is 0 Å². The molecule has 1 unspecified atom stereocenters. The summed E-state index contributed by atoms with van der Waals surface area (Å²) in [4.78, 5) is 29.5. The van der Waals surface area contributed by atoms with Crippen LogP contribution in [0.5, 0.6) is 5.75 Å². The highest BCUT2D eigenvalue weighted by atomic mass is 16.5. The SMILES string of the molecule is CC(C)c1ccc(NC(=O)CN2CC(C(=O)N3CCOCC3)Oc3ccccc32)cc1. The number of rotatable bonds is 5. The maximum atomic E-state index is 13.0. The first-order valence-electron chi connectivity index (χ1n) is 10.8. The van der Waals surface area contributed by atoms with Gasteiger partial charge >= 0.3 is 0 Å². The quantitative estimate of drug-likeness (QED) is 0.801. The summed E-state index contributed by atoms with van der Waals surface area (Å²) in [6.07, 6.45) is -0.647. The average Bonchev–Trinajstić information content (AvgIpc) is 2.79. The third-order valence-corrected chi connectivity index (χ3v) is 5.66. The molecule has 164 valence electrons. The molecule has 0 saturated carbocycles. The van der Waals surface area contributed by atoms with Crippen molar-refractivity contribution < 1.29 is 19.1 Å². The number of ether oxygens (including phenoxy) is 2. The van der Waals surface area contributed by atoms with Crippen molar-refractivity contribution in [2.75, 3.05) is 49.6 Å². The van der Waals surface area contributed by atoms with Gasteiger partial charge in [-0.2, -0.15) is 0 Å². The van der Waals surface area contributed by atoms with Crippen molar-refractivity contribution in [3.63, 3.8) is 0 Å². The lowest BCUT2D eigenvalue weighted by Crippen LogP contribution is -2.53. The molecule has 0 aromatic heterocycles. The molecule has 0 aliphatic carbocycles. The second-order valence-corrected chi connectivity index (χ2v) is 8.22. The topological polar surface area (TPSA) is 71.1 Å². The van der Waals surface area contributed by atoms with Crippen molar-refractivity contribution >= 4 is 23.2 Å². The summed E-state index contributed by atoms with van der Waals surface area (Å²) in [5.74, 6) is 0.865. The molecule has 2 aliphatic rings. The molecule has 7 nitrogen and oxygen atoms in total. The van der Waals surface area contributed by atoms with Crippen LogP contribution >= 0.6 is 0 Å². The Morgan fingerprint density at radius 1 is 1.06 bits per heavy atom. The lowest BCUT2D eigenvalue weighted by atomic mass is 10.0. The van der Waals surface area contributed by atoms with Gasteiger partial charge in [-0.25, -0.2) is 0 Å². The number of amides is 2. The monoisotopic (exact) mass is 423 g/mol. The standard InChI is InChI=1S/C24H29N3O4/c1-17(2)18-7-9-19(10-8-18)25-23(28)16-27-15-22(24(29)26-11-13-30-14-12-26)31-21-6-4-3-5-20(21)27/h3-10,17,22H,11-16H2,1-2H3,(H,25,28). The van der Waals surface area contributed by atoms with E-state index in [1.54, 1.807) is 4.90 Å². The van der Waals surface area contributed by atoms with Crippen LogP contribution in [0, 0.1) is 0 Å². The number of morpholine rings is 1. The Morgan fingerprint density at radius 3 is 2.48 bits per heavy atom. The van der Waals surface area contributed by atoms with Gasteiger partial charge in [-0.05, 0) is 35.7 Å². The van der Waals surface area contributed by atoms with E-state index >= 15 is 0 Å². The van der Waals surface area contributed by atoms with Gasteiger partial charge in [0.2, 0.25) is 5.91 Å². The smallest absolute Gasteiger partial charge is 0.265 e. The number of anilines is 2. The number of benzene rings is 2. The first-order chi connectivity index (χ1) is 15.0. The van der Waals surface area contributed by atoms with E-state index in [1.807, 2.05) is 53.4 Å². The summed E-state index contributed by atoms with van der Waals surface area (Å²) in [6, 6.07) is 15.4. The van der Waals surface area contributed by atoms with Crippen molar-refractivity contribution in [2.24, 2.45) is 0 Å². The van der Waals surface area contributed by atoms with E-state index in [1.165, 1.54) is 5.56 Å². The summed E-state index contributed by atoms with van der Waals surface area (Å²) < 4.78 is 11.4. The van der Waals surface area contributed by atoms with Crippen molar-refractivity contribution in [3.05, 3.63) is 54.1 Å². The summed E-state index contributed by atoms with van der Waals surface area (Å²) >= 11 is 0. The van der Waals surface area contributed by atoms with Gasteiger partial charge in [0.25, 0.3) is 5.91 Å². The van der Waals surface area contributed by atoms with Crippen LogP contribution in [0.15, 0.2) is 48.5 Å². The van der Waals surface area contributed by atoms with Crippen molar-refractivity contribution in [3.8, 4) is 5.75 Å². The Kier molecular flexibility index (Phi) is 6.42. The molecule has 0 radical (unpaired) electrons. The maximum absolute atomic E-state index is 13.0. The van der Waals surface area contributed by atoms with Crippen molar-refractivity contribution in [2.45, 2.75) is 25.9 Å². The third kappa shape index (κ3) is 4.99. The highest BCUT2D eigenvalue weighted by Crippen LogP contribution is 2.33. The zero-order chi connectivity index (χ0) is 21.8. The average molecular weight is 424 g/mol. The fourth-order valence-corrected chi connectivity index (χ4v) is 3.90. The van der Waals surface area contributed by atoms with Crippen LogP contribution in [0.2, 0.25) is 0 Å². The molecule has 0 bridgehead atoms. The number of hydrogen-bond acceptors (Lipinski definition) is 5. The molecular formula is C24H29N3O4. The molecule has 2 aromatic rings. The molecule has 4 rings (SSSR count). The van der Waals surface area contributed by atoms with E-state index in [-0.39, 0.29) is 18.4 Å². The molecule has 0 spiro atoms. The molecule has 2 aromatic carbocycles.